The Hall–Kier alpha value is -1.83. The summed E-state index contributed by atoms with van der Waals surface area (Å²) in [6, 6.07) is 5.75. The number of ether oxygens (including phenoxy) is 3. The molecule has 0 aromatic heterocycles. The van der Waals surface area contributed by atoms with Gasteiger partial charge in [-0.25, -0.2) is 0 Å². The smallest absolute Gasteiger partial charge is 0.266 e. The molecule has 3 rings (SSSR count). The van der Waals surface area contributed by atoms with E-state index in [9.17, 15) is 4.79 Å². The Morgan fingerprint density at radius 1 is 1.38 bits per heavy atom. The maximum absolute atomic E-state index is 12.7. The van der Waals surface area contributed by atoms with E-state index in [2.05, 4.69) is 0 Å². The summed E-state index contributed by atoms with van der Waals surface area (Å²) < 4.78 is 17.0. The summed E-state index contributed by atoms with van der Waals surface area (Å²) in [5.41, 5.74) is 1.87. The summed E-state index contributed by atoms with van der Waals surface area (Å²) in [5.74, 6) is 1.38. The molecule has 138 valence electrons. The number of methoxy groups -OCH3 is 2. The minimum absolute atomic E-state index is 0.0550. The highest BCUT2D eigenvalue weighted by Gasteiger charge is 2.32. The Morgan fingerprint density at radius 2 is 2.19 bits per heavy atom. The van der Waals surface area contributed by atoms with Gasteiger partial charge in [0.25, 0.3) is 5.91 Å². The van der Waals surface area contributed by atoms with Gasteiger partial charge in [-0.2, -0.15) is 0 Å². The molecule has 1 unspecified atom stereocenters. The zero-order valence-corrected chi connectivity index (χ0v) is 16.6. The highest BCUT2D eigenvalue weighted by atomic mass is 32.2. The fourth-order valence-electron chi connectivity index (χ4n) is 2.85. The van der Waals surface area contributed by atoms with Crippen LogP contribution in [0.1, 0.15) is 18.9 Å². The summed E-state index contributed by atoms with van der Waals surface area (Å²) in [4.78, 5) is 14.9. The van der Waals surface area contributed by atoms with Crippen molar-refractivity contribution in [3.05, 3.63) is 40.3 Å². The molecule has 2 aliphatic rings. The van der Waals surface area contributed by atoms with E-state index >= 15 is 0 Å². The maximum Gasteiger partial charge on any atom is 0.266 e. The molecular formula is C19H21NO4S2. The molecule has 2 heterocycles. The molecule has 1 saturated heterocycles. The minimum Gasteiger partial charge on any atom is -0.493 e. The van der Waals surface area contributed by atoms with Gasteiger partial charge >= 0.3 is 0 Å². The predicted molar refractivity (Wildman–Crippen MR) is 108 cm³/mol. The van der Waals surface area contributed by atoms with Crippen LogP contribution < -0.4 is 9.47 Å². The monoisotopic (exact) mass is 391 g/mol. The van der Waals surface area contributed by atoms with Gasteiger partial charge < -0.3 is 14.2 Å². The first-order chi connectivity index (χ1) is 12.5. The first-order valence-corrected chi connectivity index (χ1v) is 9.57. The fraction of sp³-hybridized carbons (Fsp3) is 0.368. The van der Waals surface area contributed by atoms with Crippen molar-refractivity contribution in [2.45, 2.75) is 19.4 Å². The number of rotatable bonds is 6. The lowest BCUT2D eigenvalue weighted by atomic mass is 10.0. The zero-order chi connectivity index (χ0) is 18.7. The third-order valence-electron chi connectivity index (χ3n) is 4.22. The van der Waals surface area contributed by atoms with Crippen molar-refractivity contribution in [3.8, 4) is 11.5 Å². The van der Waals surface area contributed by atoms with Crippen LogP contribution in [0.5, 0.6) is 11.5 Å². The summed E-state index contributed by atoms with van der Waals surface area (Å²) >= 11 is 6.69. The number of para-hydroxylation sites is 1. The summed E-state index contributed by atoms with van der Waals surface area (Å²) in [6.07, 6.45) is 4.48. The topological polar surface area (TPSA) is 48.0 Å². The highest BCUT2D eigenvalue weighted by Crippen LogP contribution is 2.39. The van der Waals surface area contributed by atoms with E-state index < -0.39 is 0 Å². The lowest BCUT2D eigenvalue weighted by molar-refractivity contribution is -0.122. The van der Waals surface area contributed by atoms with E-state index in [0.29, 0.717) is 28.1 Å². The van der Waals surface area contributed by atoms with Crippen LogP contribution in [0.15, 0.2) is 34.8 Å². The number of thioether (sulfide) groups is 1. The normalized spacial score (nSPS) is 20.9. The first kappa shape index (κ1) is 18.9. The van der Waals surface area contributed by atoms with E-state index in [1.807, 2.05) is 37.3 Å². The lowest BCUT2D eigenvalue weighted by Gasteiger charge is -2.24. The van der Waals surface area contributed by atoms with Crippen LogP contribution in [-0.4, -0.2) is 48.6 Å². The van der Waals surface area contributed by atoms with Gasteiger partial charge in [0.1, 0.15) is 10.4 Å². The number of carbonyl (C=O) groups excluding carboxylic acids is 1. The van der Waals surface area contributed by atoms with Crippen LogP contribution in [0.2, 0.25) is 0 Å². The maximum atomic E-state index is 12.7. The predicted octanol–water partition coefficient (Wildman–Crippen LogP) is 3.64. The van der Waals surface area contributed by atoms with Crippen molar-refractivity contribution in [2.75, 3.05) is 27.4 Å². The lowest BCUT2D eigenvalue weighted by Crippen LogP contribution is -2.29. The summed E-state index contributed by atoms with van der Waals surface area (Å²) in [7, 11) is 3.27. The SMILES string of the molecule is COCCCN1C(=O)C(=CC2=Cc3cccc(OC)c3OC2C)SC1=S. The Labute approximate surface area is 163 Å². The molecule has 0 bridgehead atoms. The van der Waals surface area contributed by atoms with Gasteiger partial charge in [-0.1, -0.05) is 36.1 Å². The van der Waals surface area contributed by atoms with E-state index in [1.165, 1.54) is 11.8 Å². The number of benzene rings is 1. The zero-order valence-electron chi connectivity index (χ0n) is 15.0. The molecular weight excluding hydrogens is 370 g/mol. The highest BCUT2D eigenvalue weighted by molar-refractivity contribution is 8.26. The largest absolute Gasteiger partial charge is 0.493 e. The van der Waals surface area contributed by atoms with Gasteiger partial charge in [-0.05, 0) is 37.1 Å². The minimum atomic E-state index is -0.184. The van der Waals surface area contributed by atoms with E-state index in [0.717, 1.165) is 23.3 Å². The number of nitrogens with zero attached hydrogens (tertiary/aromatic N) is 1. The van der Waals surface area contributed by atoms with Crippen LogP contribution in [0, 0.1) is 0 Å². The number of carbonyl (C=O) groups is 1. The fourth-order valence-corrected chi connectivity index (χ4v) is 4.15. The van der Waals surface area contributed by atoms with E-state index in [1.54, 1.807) is 19.1 Å². The average molecular weight is 392 g/mol. The standard InChI is InChI=1S/C19H21NO4S2/c1-12-14(10-13-6-4-7-15(23-3)17(13)24-12)11-16-18(21)20(19(25)26-16)8-5-9-22-2/h4,6-7,10-12H,5,8-9H2,1-3H3. The van der Waals surface area contributed by atoms with E-state index in [4.69, 9.17) is 26.4 Å². The Morgan fingerprint density at radius 3 is 2.92 bits per heavy atom. The Kier molecular flexibility index (Phi) is 6.01. The molecule has 1 aromatic rings. The van der Waals surface area contributed by atoms with Crippen LogP contribution in [0.3, 0.4) is 0 Å². The molecule has 5 nitrogen and oxygen atoms in total. The van der Waals surface area contributed by atoms with Gasteiger partial charge in [0.05, 0.1) is 12.0 Å². The Bertz CT molecular complexity index is 788. The summed E-state index contributed by atoms with van der Waals surface area (Å²) in [6.45, 7) is 3.13. The van der Waals surface area contributed by atoms with Crippen LogP contribution in [0.4, 0.5) is 0 Å². The van der Waals surface area contributed by atoms with Crippen molar-refractivity contribution >= 4 is 40.3 Å². The average Bonchev–Trinajstić information content (AvgIpc) is 2.89. The number of hydrogen-bond acceptors (Lipinski definition) is 6. The van der Waals surface area contributed by atoms with Crippen LogP contribution in [-0.2, 0) is 9.53 Å². The molecule has 1 amide bonds. The van der Waals surface area contributed by atoms with Gasteiger partial charge in [0, 0.05) is 25.8 Å². The number of hydrogen-bond donors (Lipinski definition) is 0. The number of amides is 1. The quantitative estimate of drug-likeness (QED) is 0.419. The van der Waals surface area contributed by atoms with Crippen molar-refractivity contribution in [1.29, 1.82) is 0 Å². The van der Waals surface area contributed by atoms with Gasteiger partial charge in [-0.15, -0.1) is 0 Å². The van der Waals surface area contributed by atoms with Crippen molar-refractivity contribution in [1.82, 2.24) is 4.90 Å². The van der Waals surface area contributed by atoms with Crippen molar-refractivity contribution < 1.29 is 19.0 Å². The number of thiocarbonyl (C=S) groups is 1. The number of fused-ring (bicyclic) bond motifs is 1. The second kappa shape index (κ2) is 8.24. The third-order valence-corrected chi connectivity index (χ3v) is 5.59. The molecule has 0 radical (unpaired) electrons. The van der Waals surface area contributed by atoms with Gasteiger partial charge in [-0.3, -0.25) is 9.69 Å². The van der Waals surface area contributed by atoms with Crippen LogP contribution in [0.25, 0.3) is 6.08 Å². The second-order valence-electron chi connectivity index (χ2n) is 5.96. The molecule has 1 aromatic carbocycles. The van der Waals surface area contributed by atoms with E-state index in [-0.39, 0.29) is 12.0 Å². The first-order valence-electron chi connectivity index (χ1n) is 8.34. The third kappa shape index (κ3) is 3.79. The van der Waals surface area contributed by atoms with Crippen LogP contribution >= 0.6 is 24.0 Å². The molecule has 0 saturated carbocycles. The Balaban J connectivity index is 1.84. The molecule has 1 atom stereocenters. The molecule has 0 aliphatic carbocycles. The van der Waals surface area contributed by atoms with Crippen molar-refractivity contribution in [2.24, 2.45) is 0 Å². The molecule has 7 heteroatoms. The molecule has 2 aliphatic heterocycles. The molecule has 26 heavy (non-hydrogen) atoms. The van der Waals surface area contributed by atoms with Gasteiger partial charge in [0.2, 0.25) is 0 Å². The summed E-state index contributed by atoms with van der Waals surface area (Å²) in [5, 5.41) is 0. The van der Waals surface area contributed by atoms with Gasteiger partial charge in [0.15, 0.2) is 11.5 Å². The molecule has 0 spiro atoms. The molecule has 1 fully saturated rings. The van der Waals surface area contributed by atoms with Crippen molar-refractivity contribution in [3.63, 3.8) is 0 Å². The second-order valence-corrected chi connectivity index (χ2v) is 7.64. The molecule has 0 N–H and O–H groups in total.